The van der Waals surface area contributed by atoms with Crippen LogP contribution in [0.15, 0.2) is 6.07 Å². The Morgan fingerprint density at radius 1 is 1.60 bits per heavy atom. The predicted octanol–water partition coefficient (Wildman–Crippen LogP) is 0.749. The van der Waals surface area contributed by atoms with Gasteiger partial charge in [-0.2, -0.15) is 5.10 Å². The standard InChI is InChI=1S/C10H14N4O/c11-10(15)7-4-9-12-5-6-2-1-3-8(6)14(9)13-7/h4,6,8,12H,1-3,5H2,(H2,11,15). The van der Waals surface area contributed by atoms with E-state index < -0.39 is 5.91 Å². The van der Waals surface area contributed by atoms with E-state index in [0.717, 1.165) is 12.4 Å². The van der Waals surface area contributed by atoms with E-state index in [-0.39, 0.29) is 0 Å². The van der Waals surface area contributed by atoms with Crippen LogP contribution in [-0.4, -0.2) is 22.2 Å². The fourth-order valence-corrected chi connectivity index (χ4v) is 2.71. The molecule has 0 bridgehead atoms. The molecule has 1 fully saturated rings. The molecule has 1 saturated carbocycles. The van der Waals surface area contributed by atoms with Gasteiger partial charge in [0.05, 0.1) is 6.04 Å². The minimum Gasteiger partial charge on any atom is -0.370 e. The lowest BCUT2D eigenvalue weighted by Gasteiger charge is -2.28. The molecule has 3 N–H and O–H groups in total. The summed E-state index contributed by atoms with van der Waals surface area (Å²) in [6.45, 7) is 0.995. The van der Waals surface area contributed by atoms with E-state index in [1.54, 1.807) is 6.07 Å². The van der Waals surface area contributed by atoms with Crippen LogP contribution in [0.5, 0.6) is 0 Å². The summed E-state index contributed by atoms with van der Waals surface area (Å²) in [5.41, 5.74) is 5.59. The zero-order valence-corrected chi connectivity index (χ0v) is 8.44. The number of hydrogen-bond donors (Lipinski definition) is 2. The Bertz CT molecular complexity index is 412. The molecule has 2 aliphatic rings. The van der Waals surface area contributed by atoms with E-state index in [4.69, 9.17) is 5.73 Å². The van der Waals surface area contributed by atoms with Crippen molar-refractivity contribution in [3.05, 3.63) is 11.8 Å². The average Bonchev–Trinajstić information content (AvgIpc) is 2.82. The number of nitrogens with zero attached hydrogens (tertiary/aromatic N) is 2. The molecule has 1 aliphatic heterocycles. The number of hydrogen-bond acceptors (Lipinski definition) is 3. The molecule has 5 heteroatoms. The Hall–Kier alpha value is -1.52. The number of primary amides is 1. The van der Waals surface area contributed by atoms with Crippen molar-refractivity contribution < 1.29 is 4.79 Å². The molecule has 5 nitrogen and oxygen atoms in total. The van der Waals surface area contributed by atoms with Crippen LogP contribution >= 0.6 is 0 Å². The smallest absolute Gasteiger partial charge is 0.269 e. The normalized spacial score (nSPS) is 28.0. The number of aromatic nitrogens is 2. The molecule has 1 aromatic rings. The molecule has 0 radical (unpaired) electrons. The van der Waals surface area contributed by atoms with Gasteiger partial charge in [0.15, 0.2) is 5.69 Å². The third-order valence-electron chi connectivity index (χ3n) is 3.47. The second kappa shape index (κ2) is 2.98. The van der Waals surface area contributed by atoms with Crippen LogP contribution in [0.25, 0.3) is 0 Å². The van der Waals surface area contributed by atoms with Gasteiger partial charge < -0.3 is 11.1 Å². The van der Waals surface area contributed by atoms with Crippen LogP contribution in [0.3, 0.4) is 0 Å². The summed E-state index contributed by atoms with van der Waals surface area (Å²) >= 11 is 0. The van der Waals surface area contributed by atoms with Gasteiger partial charge in [-0.3, -0.25) is 4.79 Å². The Kier molecular flexibility index (Phi) is 1.74. The van der Waals surface area contributed by atoms with E-state index in [1.807, 2.05) is 4.68 Å². The van der Waals surface area contributed by atoms with Gasteiger partial charge in [0.25, 0.3) is 5.91 Å². The molecule has 80 valence electrons. The number of nitrogens with one attached hydrogen (secondary N) is 1. The Balaban J connectivity index is 2.02. The first kappa shape index (κ1) is 8.76. The number of nitrogens with two attached hydrogens (primary N) is 1. The summed E-state index contributed by atoms with van der Waals surface area (Å²) in [6, 6.07) is 2.21. The van der Waals surface area contributed by atoms with Crippen LogP contribution in [0, 0.1) is 5.92 Å². The molecule has 1 amide bonds. The van der Waals surface area contributed by atoms with Crippen LogP contribution in [0.2, 0.25) is 0 Å². The van der Waals surface area contributed by atoms with E-state index in [0.29, 0.717) is 17.7 Å². The Morgan fingerprint density at radius 3 is 3.27 bits per heavy atom. The van der Waals surface area contributed by atoms with Crippen LogP contribution in [0.1, 0.15) is 35.8 Å². The number of rotatable bonds is 1. The summed E-state index contributed by atoms with van der Waals surface area (Å²) in [5, 5.41) is 7.57. The van der Waals surface area contributed by atoms with Crippen molar-refractivity contribution >= 4 is 11.7 Å². The maximum atomic E-state index is 11.0. The molecular weight excluding hydrogens is 192 g/mol. The van der Waals surface area contributed by atoms with Crippen molar-refractivity contribution in [1.29, 1.82) is 0 Å². The fraction of sp³-hybridized carbons (Fsp3) is 0.600. The number of carbonyl (C=O) groups is 1. The highest BCUT2D eigenvalue weighted by Crippen LogP contribution is 2.40. The molecule has 3 rings (SSSR count). The van der Waals surface area contributed by atoms with Crippen molar-refractivity contribution in [2.24, 2.45) is 11.7 Å². The second-order valence-corrected chi connectivity index (χ2v) is 4.36. The number of amides is 1. The highest BCUT2D eigenvalue weighted by Gasteiger charge is 2.34. The van der Waals surface area contributed by atoms with E-state index in [9.17, 15) is 4.79 Å². The molecule has 15 heavy (non-hydrogen) atoms. The van der Waals surface area contributed by atoms with Gasteiger partial charge in [-0.25, -0.2) is 4.68 Å². The lowest BCUT2D eigenvalue weighted by Crippen LogP contribution is -2.29. The van der Waals surface area contributed by atoms with Gasteiger partial charge in [-0.05, 0) is 18.8 Å². The van der Waals surface area contributed by atoms with Crippen LogP contribution in [0.4, 0.5) is 5.82 Å². The first-order valence-electron chi connectivity index (χ1n) is 5.39. The molecule has 2 atom stereocenters. The molecule has 0 saturated heterocycles. The first-order chi connectivity index (χ1) is 7.25. The summed E-state index contributed by atoms with van der Waals surface area (Å²) < 4.78 is 1.95. The van der Waals surface area contributed by atoms with Crippen molar-refractivity contribution in [2.75, 3.05) is 11.9 Å². The Labute approximate surface area is 87.6 Å². The lowest BCUT2D eigenvalue weighted by atomic mass is 10.0. The van der Waals surface area contributed by atoms with E-state index in [2.05, 4.69) is 10.4 Å². The summed E-state index contributed by atoms with van der Waals surface area (Å²) in [7, 11) is 0. The van der Waals surface area contributed by atoms with Gasteiger partial charge >= 0.3 is 0 Å². The van der Waals surface area contributed by atoms with Crippen LogP contribution in [-0.2, 0) is 0 Å². The Morgan fingerprint density at radius 2 is 2.47 bits per heavy atom. The zero-order valence-electron chi connectivity index (χ0n) is 8.44. The molecule has 0 aromatic carbocycles. The summed E-state index contributed by atoms with van der Waals surface area (Å²) in [4.78, 5) is 11.0. The van der Waals surface area contributed by atoms with Crippen molar-refractivity contribution in [2.45, 2.75) is 25.3 Å². The van der Waals surface area contributed by atoms with E-state index >= 15 is 0 Å². The third kappa shape index (κ3) is 1.22. The minimum atomic E-state index is -0.451. The molecule has 1 aromatic heterocycles. The quantitative estimate of drug-likeness (QED) is 0.712. The molecule has 2 unspecified atom stereocenters. The van der Waals surface area contributed by atoms with Gasteiger partial charge in [0, 0.05) is 12.6 Å². The summed E-state index contributed by atoms with van der Waals surface area (Å²) in [5.74, 6) is 1.15. The van der Waals surface area contributed by atoms with Crippen molar-refractivity contribution in [1.82, 2.24) is 9.78 Å². The third-order valence-corrected chi connectivity index (χ3v) is 3.47. The molecule has 1 aliphatic carbocycles. The molecule has 2 heterocycles. The largest absolute Gasteiger partial charge is 0.370 e. The highest BCUT2D eigenvalue weighted by atomic mass is 16.1. The van der Waals surface area contributed by atoms with Crippen molar-refractivity contribution in [3.8, 4) is 0 Å². The fourth-order valence-electron chi connectivity index (χ4n) is 2.71. The number of fused-ring (bicyclic) bond motifs is 3. The SMILES string of the molecule is NC(=O)c1cc2n(n1)C1CCCC1CN2. The van der Waals surface area contributed by atoms with Crippen LogP contribution < -0.4 is 11.1 Å². The number of anilines is 1. The number of carbonyl (C=O) groups excluding carboxylic acids is 1. The van der Waals surface area contributed by atoms with Gasteiger partial charge in [-0.1, -0.05) is 6.42 Å². The van der Waals surface area contributed by atoms with Gasteiger partial charge in [0.1, 0.15) is 5.82 Å². The lowest BCUT2D eigenvalue weighted by molar-refractivity contribution is 0.0994. The van der Waals surface area contributed by atoms with Gasteiger partial charge in [0.2, 0.25) is 0 Å². The maximum absolute atomic E-state index is 11.0. The van der Waals surface area contributed by atoms with Crippen molar-refractivity contribution in [3.63, 3.8) is 0 Å². The average molecular weight is 206 g/mol. The van der Waals surface area contributed by atoms with E-state index in [1.165, 1.54) is 19.3 Å². The second-order valence-electron chi connectivity index (χ2n) is 4.36. The molecular formula is C10H14N4O. The van der Waals surface area contributed by atoms with Gasteiger partial charge in [-0.15, -0.1) is 0 Å². The first-order valence-corrected chi connectivity index (χ1v) is 5.39. The minimum absolute atomic E-state index is 0.366. The summed E-state index contributed by atoms with van der Waals surface area (Å²) in [6.07, 6.45) is 3.67. The topological polar surface area (TPSA) is 72.9 Å². The zero-order chi connectivity index (χ0) is 10.4. The highest BCUT2D eigenvalue weighted by molar-refractivity contribution is 5.91. The molecule has 0 spiro atoms. The maximum Gasteiger partial charge on any atom is 0.269 e. The monoisotopic (exact) mass is 206 g/mol. The predicted molar refractivity (Wildman–Crippen MR) is 55.6 cm³/mol.